The van der Waals surface area contributed by atoms with Crippen molar-refractivity contribution in [2.75, 3.05) is 19.0 Å². The molecule has 3 heteroatoms. The van der Waals surface area contributed by atoms with E-state index >= 15 is 0 Å². The van der Waals surface area contributed by atoms with Crippen LogP contribution in [-0.2, 0) is 6.54 Å². The van der Waals surface area contributed by atoms with Gasteiger partial charge in [-0.15, -0.1) is 11.6 Å². The zero-order valence-corrected chi connectivity index (χ0v) is 12.0. The molecule has 0 atom stereocenters. The maximum absolute atomic E-state index is 5.78. The lowest BCUT2D eigenvalue weighted by atomic mass is 10.2. The summed E-state index contributed by atoms with van der Waals surface area (Å²) in [5.41, 5.74) is 1.37. The van der Waals surface area contributed by atoms with Crippen LogP contribution in [-0.4, -0.2) is 23.9 Å². The Morgan fingerprint density at radius 3 is 2.40 bits per heavy atom. The second-order valence-corrected chi connectivity index (χ2v) is 5.22. The van der Waals surface area contributed by atoms with E-state index in [0.717, 1.165) is 19.6 Å². The van der Waals surface area contributed by atoms with Gasteiger partial charge in [0, 0.05) is 22.5 Å². The van der Waals surface area contributed by atoms with Gasteiger partial charge in [-0.3, -0.25) is 4.90 Å². The van der Waals surface area contributed by atoms with E-state index in [1.54, 1.807) is 0 Å². The summed E-state index contributed by atoms with van der Waals surface area (Å²) in [5, 5.41) is 0. The molecule has 0 unspecified atom stereocenters. The zero-order chi connectivity index (χ0) is 11.1. The zero-order valence-electron chi connectivity index (χ0n) is 9.05. The number of hydrogen-bond acceptors (Lipinski definition) is 1. The topological polar surface area (TPSA) is 3.24 Å². The average Bonchev–Trinajstić information content (AvgIpc) is 2.22. The molecule has 0 bridgehead atoms. The molecular formula is C12H17ClIN. The first-order chi connectivity index (χ1) is 7.26. The van der Waals surface area contributed by atoms with Gasteiger partial charge in [-0.05, 0) is 53.3 Å². The Morgan fingerprint density at radius 2 is 1.87 bits per heavy atom. The van der Waals surface area contributed by atoms with E-state index in [-0.39, 0.29) is 0 Å². The number of alkyl halides is 1. The normalized spacial score (nSPS) is 10.9. The molecule has 0 heterocycles. The molecule has 1 nitrogen and oxygen atoms in total. The van der Waals surface area contributed by atoms with Crippen LogP contribution in [0.2, 0.25) is 0 Å². The molecule has 0 N–H and O–H groups in total. The van der Waals surface area contributed by atoms with Gasteiger partial charge in [-0.1, -0.05) is 19.1 Å². The van der Waals surface area contributed by atoms with Crippen molar-refractivity contribution < 1.29 is 0 Å². The first-order valence-corrected chi connectivity index (χ1v) is 6.90. The first kappa shape index (κ1) is 13.3. The van der Waals surface area contributed by atoms with Crippen LogP contribution < -0.4 is 0 Å². The fraction of sp³-hybridized carbons (Fsp3) is 0.500. The van der Waals surface area contributed by atoms with Gasteiger partial charge in [0.25, 0.3) is 0 Å². The molecule has 84 valence electrons. The third-order valence-corrected chi connectivity index (χ3v) is 3.15. The van der Waals surface area contributed by atoms with Gasteiger partial charge < -0.3 is 0 Å². The van der Waals surface area contributed by atoms with Crippen LogP contribution in [0.5, 0.6) is 0 Å². The van der Waals surface area contributed by atoms with E-state index in [4.69, 9.17) is 11.6 Å². The summed E-state index contributed by atoms with van der Waals surface area (Å²) in [6.45, 7) is 5.31. The summed E-state index contributed by atoms with van der Waals surface area (Å²) in [6.07, 6.45) is 1.18. The van der Waals surface area contributed by atoms with Crippen LogP contribution >= 0.6 is 34.2 Å². The predicted octanol–water partition coefficient (Wildman–Crippen LogP) is 3.74. The third-order valence-electron chi connectivity index (χ3n) is 2.26. The quantitative estimate of drug-likeness (QED) is 0.564. The second kappa shape index (κ2) is 7.47. The lowest BCUT2D eigenvalue weighted by Crippen LogP contribution is -2.26. The molecule has 1 rings (SSSR count). The Bertz CT molecular complexity index is 267. The molecule has 0 aliphatic carbocycles. The average molecular weight is 338 g/mol. The fourth-order valence-electron chi connectivity index (χ4n) is 1.55. The summed E-state index contributed by atoms with van der Waals surface area (Å²) < 4.78 is 1.29. The Hall–Kier alpha value is 0.200. The van der Waals surface area contributed by atoms with Gasteiger partial charge in [0.15, 0.2) is 0 Å². The van der Waals surface area contributed by atoms with Gasteiger partial charge in [0.05, 0.1) is 0 Å². The minimum Gasteiger partial charge on any atom is -0.298 e. The summed E-state index contributed by atoms with van der Waals surface area (Å²) >= 11 is 8.11. The monoisotopic (exact) mass is 337 g/mol. The molecule has 0 spiro atoms. The number of rotatable bonds is 6. The van der Waals surface area contributed by atoms with E-state index in [9.17, 15) is 0 Å². The second-order valence-electron chi connectivity index (χ2n) is 3.59. The van der Waals surface area contributed by atoms with Crippen molar-refractivity contribution >= 4 is 34.2 Å². The highest BCUT2D eigenvalue weighted by atomic mass is 127. The van der Waals surface area contributed by atoms with Gasteiger partial charge in [0.2, 0.25) is 0 Å². The Morgan fingerprint density at radius 1 is 1.20 bits per heavy atom. The molecule has 15 heavy (non-hydrogen) atoms. The lowest BCUT2D eigenvalue weighted by Gasteiger charge is -2.20. The van der Waals surface area contributed by atoms with Gasteiger partial charge in [0.1, 0.15) is 0 Å². The van der Waals surface area contributed by atoms with Crippen LogP contribution in [0.1, 0.15) is 18.9 Å². The van der Waals surface area contributed by atoms with E-state index in [1.807, 2.05) is 0 Å². The van der Waals surface area contributed by atoms with E-state index in [1.165, 1.54) is 15.6 Å². The molecule has 1 aromatic carbocycles. The fourth-order valence-corrected chi connectivity index (χ4v) is 2.15. The Kier molecular flexibility index (Phi) is 6.61. The van der Waals surface area contributed by atoms with E-state index in [2.05, 4.69) is 58.7 Å². The molecular weight excluding hydrogens is 320 g/mol. The molecule has 0 saturated heterocycles. The van der Waals surface area contributed by atoms with Gasteiger partial charge >= 0.3 is 0 Å². The highest BCUT2D eigenvalue weighted by molar-refractivity contribution is 14.1. The third kappa shape index (κ3) is 5.18. The van der Waals surface area contributed by atoms with Crippen molar-refractivity contribution in [2.24, 2.45) is 0 Å². The smallest absolute Gasteiger partial charge is 0.0351 e. The minimum absolute atomic E-state index is 0.713. The molecule has 1 aromatic rings. The molecule has 0 aliphatic rings. The maximum Gasteiger partial charge on any atom is 0.0351 e. The molecule has 0 saturated carbocycles. The predicted molar refractivity (Wildman–Crippen MR) is 75.4 cm³/mol. The standard InChI is InChI=1S/C12H17ClIN/c1-2-8-15(9-7-13)10-11-3-5-12(14)6-4-11/h3-6H,2,7-10H2,1H3. The molecule has 0 aliphatic heterocycles. The Balaban J connectivity index is 2.53. The van der Waals surface area contributed by atoms with Crippen molar-refractivity contribution in [3.05, 3.63) is 33.4 Å². The summed E-state index contributed by atoms with van der Waals surface area (Å²) in [5.74, 6) is 0.713. The van der Waals surface area contributed by atoms with Crippen molar-refractivity contribution in [1.29, 1.82) is 0 Å². The molecule has 0 fully saturated rings. The maximum atomic E-state index is 5.78. The number of halogens is 2. The minimum atomic E-state index is 0.713. The highest BCUT2D eigenvalue weighted by Gasteiger charge is 2.03. The number of benzene rings is 1. The molecule has 0 radical (unpaired) electrons. The number of hydrogen-bond donors (Lipinski definition) is 0. The van der Waals surface area contributed by atoms with Crippen LogP contribution in [0.4, 0.5) is 0 Å². The lowest BCUT2D eigenvalue weighted by molar-refractivity contribution is 0.282. The van der Waals surface area contributed by atoms with Crippen LogP contribution in [0.3, 0.4) is 0 Å². The summed E-state index contributed by atoms with van der Waals surface area (Å²) in [7, 11) is 0. The van der Waals surface area contributed by atoms with Crippen LogP contribution in [0.25, 0.3) is 0 Å². The summed E-state index contributed by atoms with van der Waals surface area (Å²) in [4.78, 5) is 2.40. The molecule has 0 aromatic heterocycles. The highest BCUT2D eigenvalue weighted by Crippen LogP contribution is 2.09. The van der Waals surface area contributed by atoms with Crippen LogP contribution in [0.15, 0.2) is 24.3 Å². The van der Waals surface area contributed by atoms with Gasteiger partial charge in [-0.2, -0.15) is 0 Å². The van der Waals surface area contributed by atoms with Crippen molar-refractivity contribution in [2.45, 2.75) is 19.9 Å². The number of nitrogens with zero attached hydrogens (tertiary/aromatic N) is 1. The van der Waals surface area contributed by atoms with E-state index < -0.39 is 0 Å². The van der Waals surface area contributed by atoms with E-state index in [0.29, 0.717) is 5.88 Å². The van der Waals surface area contributed by atoms with Crippen molar-refractivity contribution in [3.63, 3.8) is 0 Å². The van der Waals surface area contributed by atoms with Crippen molar-refractivity contribution in [1.82, 2.24) is 4.90 Å². The van der Waals surface area contributed by atoms with Crippen molar-refractivity contribution in [3.8, 4) is 0 Å². The Labute approximate surface area is 111 Å². The molecule has 0 amide bonds. The summed E-state index contributed by atoms with van der Waals surface area (Å²) in [6, 6.07) is 8.69. The van der Waals surface area contributed by atoms with Gasteiger partial charge in [-0.25, -0.2) is 0 Å². The largest absolute Gasteiger partial charge is 0.298 e. The van der Waals surface area contributed by atoms with Crippen LogP contribution in [0, 0.1) is 3.57 Å². The SMILES string of the molecule is CCCN(CCCl)Cc1ccc(I)cc1. The first-order valence-electron chi connectivity index (χ1n) is 5.29.